The molecule has 42 heavy (non-hydrogen) atoms. The van der Waals surface area contributed by atoms with Crippen molar-refractivity contribution < 1.29 is 17.9 Å². The molecule has 1 saturated carbocycles. The van der Waals surface area contributed by atoms with Gasteiger partial charge in [0.2, 0.25) is 0 Å². The Bertz CT molecular complexity index is 1910. The minimum Gasteiger partial charge on any atom is -0.507 e. The smallest absolute Gasteiger partial charge is 0.343 e. The highest BCUT2D eigenvalue weighted by atomic mass is 32.2. The van der Waals surface area contributed by atoms with Gasteiger partial charge in [-0.15, -0.1) is 0 Å². The first-order valence-electron chi connectivity index (χ1n) is 14.2. The van der Waals surface area contributed by atoms with Crippen LogP contribution in [0.1, 0.15) is 66.0 Å². The van der Waals surface area contributed by atoms with Crippen LogP contribution in [-0.4, -0.2) is 18.5 Å². The van der Waals surface area contributed by atoms with Crippen molar-refractivity contribution >= 4 is 26.6 Å². The van der Waals surface area contributed by atoms with E-state index in [1.54, 1.807) is 42.6 Å². The highest BCUT2D eigenvalue weighted by Gasteiger charge is 2.31. The zero-order chi connectivity index (χ0) is 29.3. The molecule has 214 valence electrons. The van der Waals surface area contributed by atoms with Gasteiger partial charge in [-0.05, 0) is 66.5 Å². The summed E-state index contributed by atoms with van der Waals surface area (Å²) >= 11 is 0. The largest absolute Gasteiger partial charge is 0.507 e. The van der Waals surface area contributed by atoms with Crippen LogP contribution in [0, 0.1) is 0 Å². The maximum atomic E-state index is 13.6. The quantitative estimate of drug-likeness (QED) is 0.186. The van der Waals surface area contributed by atoms with E-state index in [4.69, 9.17) is 4.42 Å². The third kappa shape index (κ3) is 5.67. The highest BCUT2D eigenvalue weighted by Crippen LogP contribution is 2.46. The number of para-hydroxylation sites is 1. The molecule has 8 heteroatoms. The molecule has 0 spiro atoms. The van der Waals surface area contributed by atoms with E-state index in [0.717, 1.165) is 41.3 Å². The minimum atomic E-state index is -3.96. The molecule has 6 rings (SSSR count). The van der Waals surface area contributed by atoms with Gasteiger partial charge in [-0.1, -0.05) is 67.6 Å². The van der Waals surface area contributed by atoms with Crippen LogP contribution >= 0.6 is 0 Å². The van der Waals surface area contributed by atoms with Crippen molar-refractivity contribution in [2.24, 2.45) is 0 Å². The van der Waals surface area contributed by atoms with E-state index < -0.39 is 15.6 Å². The van der Waals surface area contributed by atoms with Crippen LogP contribution in [0.5, 0.6) is 5.75 Å². The summed E-state index contributed by atoms with van der Waals surface area (Å²) in [6.45, 7) is 2.03. The summed E-state index contributed by atoms with van der Waals surface area (Å²) in [4.78, 5) is 17.6. The van der Waals surface area contributed by atoms with Crippen molar-refractivity contribution in [3.05, 3.63) is 130 Å². The highest BCUT2D eigenvalue weighted by molar-refractivity contribution is 7.93. The summed E-state index contributed by atoms with van der Waals surface area (Å²) in [6, 6.07) is 25.6. The van der Waals surface area contributed by atoms with Crippen LogP contribution in [0.2, 0.25) is 0 Å². The predicted molar refractivity (Wildman–Crippen MR) is 164 cm³/mol. The Balaban J connectivity index is 1.32. The Labute approximate surface area is 244 Å². The van der Waals surface area contributed by atoms with Crippen LogP contribution in [0.4, 0.5) is 5.69 Å². The molecule has 0 saturated heterocycles. The standard InChI is InChI=1S/C34H32N2O5S/c1-2-23(19-22-9-4-3-5-10-22)30-21-29(37)27(34(38)41-30)20-26-12-6-14-28(32(26)24-16-17-24)36-42(39,40)31-15-7-11-25-13-8-18-35-33(25)31/h3-15,18,21,23-24,36-37H,2,16-17,19-20H2,1H3. The fourth-order valence-corrected chi connectivity index (χ4v) is 6.89. The number of aromatic hydroxyl groups is 1. The van der Waals surface area contributed by atoms with Gasteiger partial charge < -0.3 is 9.52 Å². The van der Waals surface area contributed by atoms with Crippen molar-refractivity contribution in [2.45, 2.75) is 55.8 Å². The summed E-state index contributed by atoms with van der Waals surface area (Å²) in [5, 5.41) is 11.7. The molecule has 0 bridgehead atoms. The van der Waals surface area contributed by atoms with Crippen molar-refractivity contribution in [1.82, 2.24) is 4.98 Å². The lowest BCUT2D eigenvalue weighted by molar-refractivity contribution is 0.387. The molecule has 1 unspecified atom stereocenters. The minimum absolute atomic E-state index is 0.0524. The number of aromatic nitrogens is 1. The Morgan fingerprint density at radius 2 is 1.76 bits per heavy atom. The zero-order valence-electron chi connectivity index (χ0n) is 23.3. The number of benzene rings is 3. The van der Waals surface area contributed by atoms with Gasteiger partial charge in [-0.2, -0.15) is 0 Å². The second kappa shape index (κ2) is 11.4. The normalized spacial score (nSPS) is 14.1. The molecule has 0 aliphatic heterocycles. The maximum Gasteiger partial charge on any atom is 0.343 e. The molecule has 2 heterocycles. The van der Waals surface area contributed by atoms with Gasteiger partial charge in [-0.25, -0.2) is 13.2 Å². The summed E-state index contributed by atoms with van der Waals surface area (Å²) in [6.07, 6.45) is 4.97. The van der Waals surface area contributed by atoms with Gasteiger partial charge >= 0.3 is 5.63 Å². The van der Waals surface area contributed by atoms with E-state index >= 15 is 0 Å². The van der Waals surface area contributed by atoms with E-state index in [1.165, 1.54) is 0 Å². The molecular formula is C34H32N2O5S. The van der Waals surface area contributed by atoms with Gasteiger partial charge in [0.1, 0.15) is 16.4 Å². The number of hydrogen-bond donors (Lipinski definition) is 2. The lowest BCUT2D eigenvalue weighted by Gasteiger charge is -2.18. The maximum absolute atomic E-state index is 13.6. The first-order chi connectivity index (χ1) is 20.3. The second-order valence-corrected chi connectivity index (χ2v) is 12.5. The van der Waals surface area contributed by atoms with E-state index in [9.17, 15) is 18.3 Å². The van der Waals surface area contributed by atoms with Crippen LogP contribution in [0.3, 0.4) is 0 Å². The van der Waals surface area contributed by atoms with Crippen LogP contribution in [-0.2, 0) is 22.9 Å². The number of fused-ring (bicyclic) bond motifs is 1. The monoisotopic (exact) mass is 580 g/mol. The fourth-order valence-electron chi connectivity index (χ4n) is 5.63. The summed E-state index contributed by atoms with van der Waals surface area (Å²) < 4.78 is 35.8. The zero-order valence-corrected chi connectivity index (χ0v) is 24.1. The average Bonchev–Trinajstić information content (AvgIpc) is 3.83. The third-order valence-corrected chi connectivity index (χ3v) is 9.34. The molecule has 1 aliphatic rings. The molecule has 0 amide bonds. The molecule has 1 fully saturated rings. The Morgan fingerprint density at radius 3 is 2.50 bits per heavy atom. The topological polar surface area (TPSA) is 110 Å². The van der Waals surface area contributed by atoms with Crippen LogP contribution in [0.25, 0.3) is 10.9 Å². The molecule has 0 radical (unpaired) electrons. The van der Waals surface area contributed by atoms with Crippen molar-refractivity contribution in [1.29, 1.82) is 0 Å². The SMILES string of the molecule is CCC(Cc1ccccc1)c1cc(O)c(Cc2cccc(NS(=O)(=O)c3cccc4cccnc34)c2C2CC2)c(=O)o1. The molecule has 1 aliphatic carbocycles. The van der Waals surface area contributed by atoms with Crippen LogP contribution in [0.15, 0.2) is 105 Å². The van der Waals surface area contributed by atoms with E-state index in [0.29, 0.717) is 23.4 Å². The molecule has 5 aromatic rings. The summed E-state index contributed by atoms with van der Waals surface area (Å²) in [5.74, 6) is 0.458. The molecule has 2 N–H and O–H groups in total. The number of pyridine rings is 1. The fraction of sp³-hybridized carbons (Fsp3) is 0.235. The van der Waals surface area contributed by atoms with Gasteiger partial charge in [0.25, 0.3) is 10.0 Å². The summed E-state index contributed by atoms with van der Waals surface area (Å²) in [5.41, 5.74) is 3.20. The Kier molecular flexibility index (Phi) is 7.56. The first kappa shape index (κ1) is 27.7. The Hall–Kier alpha value is -4.43. The van der Waals surface area contributed by atoms with Gasteiger partial charge in [0.05, 0.1) is 16.8 Å². The molecule has 3 aromatic carbocycles. The number of nitrogens with one attached hydrogen (secondary N) is 1. The van der Waals surface area contributed by atoms with Gasteiger partial charge in [-0.3, -0.25) is 9.71 Å². The van der Waals surface area contributed by atoms with Crippen molar-refractivity contribution in [3.63, 3.8) is 0 Å². The number of nitrogens with zero attached hydrogens (tertiary/aromatic N) is 1. The number of sulfonamides is 1. The third-order valence-electron chi connectivity index (χ3n) is 7.94. The van der Waals surface area contributed by atoms with E-state index in [2.05, 4.69) is 9.71 Å². The Morgan fingerprint density at radius 1 is 1.00 bits per heavy atom. The van der Waals surface area contributed by atoms with E-state index in [1.807, 2.05) is 55.5 Å². The first-order valence-corrected chi connectivity index (χ1v) is 15.7. The van der Waals surface area contributed by atoms with Crippen molar-refractivity contribution in [2.75, 3.05) is 4.72 Å². The average molecular weight is 581 g/mol. The molecule has 1 atom stereocenters. The van der Waals surface area contributed by atoms with Gasteiger partial charge in [0, 0.05) is 30.0 Å². The number of rotatable bonds is 10. The number of hydrogen-bond acceptors (Lipinski definition) is 6. The molecular weight excluding hydrogens is 548 g/mol. The number of anilines is 1. The second-order valence-electron chi connectivity index (χ2n) is 10.9. The van der Waals surface area contributed by atoms with Crippen molar-refractivity contribution in [3.8, 4) is 5.75 Å². The van der Waals surface area contributed by atoms with E-state index in [-0.39, 0.29) is 34.5 Å². The summed E-state index contributed by atoms with van der Waals surface area (Å²) in [7, 11) is -3.96. The lowest BCUT2D eigenvalue weighted by atomic mass is 9.93. The van der Waals surface area contributed by atoms with Gasteiger partial charge in [0.15, 0.2) is 0 Å². The molecule has 7 nitrogen and oxygen atoms in total. The lowest BCUT2D eigenvalue weighted by Crippen LogP contribution is -2.16. The predicted octanol–water partition coefficient (Wildman–Crippen LogP) is 6.90. The van der Waals surface area contributed by atoms with Crippen LogP contribution < -0.4 is 10.3 Å². The molecule has 2 aromatic heterocycles.